The topological polar surface area (TPSA) is 331 Å². The Kier molecular flexibility index (Phi) is 12.9. The minimum atomic E-state index is -5.27. The molecular weight excluding hydrogens is 741 g/mol. The molecule has 3 rings (SSSR count). The molecule has 1 aromatic heterocycles. The Bertz CT molecular complexity index is 2020. The van der Waals surface area contributed by atoms with Gasteiger partial charge in [0.1, 0.15) is 11.7 Å². The number of nitrogens with zero attached hydrogens (tertiary/aromatic N) is 4. The second-order valence-electron chi connectivity index (χ2n) is 9.62. The molecule has 0 saturated heterocycles. The van der Waals surface area contributed by atoms with Gasteiger partial charge in [-0.3, -0.25) is 44.6 Å². The molecule has 1 heterocycles. The van der Waals surface area contributed by atoms with E-state index in [1.807, 2.05) is 5.48 Å². The molecule has 276 valence electrons. The van der Waals surface area contributed by atoms with Crippen LogP contribution in [0.25, 0.3) is 0 Å². The number of anilines is 1. The van der Waals surface area contributed by atoms with Crippen LogP contribution in [0.2, 0.25) is 0 Å². The lowest BCUT2D eigenvalue weighted by atomic mass is 10.1. The zero-order valence-electron chi connectivity index (χ0n) is 25.5. The van der Waals surface area contributed by atoms with E-state index in [2.05, 4.69) is 0 Å². The number of rotatable bonds is 13. The van der Waals surface area contributed by atoms with Gasteiger partial charge in [-0.2, -0.15) is 16.9 Å². The molecule has 0 fully saturated rings. The number of guanidine groups is 1. The standard InChI is InChI=1S/C23H24N8O11S2.C2HF3O2/c1-14-2-11-20(22(33)28(14)19(21(24)32)12-13-42-27-23(25)26)31(43(38,39)17-7-3-15(4-8-17)29(34)35)44(40,41)18-9-5-16(6-10-18)30(36)37;3-2(4,5)1(6)7/h2-11,19H,12-13H2,1H3,(H2,24,32)(H4,25,26,27);(H,6,7). The molecule has 7 N–H and O–H groups in total. The van der Waals surface area contributed by atoms with Crippen LogP contribution in [0.4, 0.5) is 30.2 Å². The van der Waals surface area contributed by atoms with Gasteiger partial charge in [-0.15, -0.1) is 0 Å². The highest BCUT2D eigenvalue weighted by Crippen LogP contribution is 2.31. The lowest BCUT2D eigenvalue weighted by Gasteiger charge is -2.26. The summed E-state index contributed by atoms with van der Waals surface area (Å²) >= 11 is 0. The Balaban J connectivity index is 0.00000116. The number of carbonyl (C=O) groups is 2. The number of amides is 1. The monoisotopic (exact) mass is 766 g/mol. The molecule has 0 aliphatic rings. The first-order valence-corrected chi connectivity index (χ1v) is 16.2. The van der Waals surface area contributed by atoms with Gasteiger partial charge in [0.2, 0.25) is 11.9 Å². The zero-order valence-corrected chi connectivity index (χ0v) is 27.1. The maximum atomic E-state index is 13.9. The Morgan fingerprint density at radius 1 is 0.941 bits per heavy atom. The number of halogens is 3. The second kappa shape index (κ2) is 16.0. The fourth-order valence-corrected chi connectivity index (χ4v) is 7.61. The number of nitrogens with two attached hydrogens (primary N) is 2. The van der Waals surface area contributed by atoms with Gasteiger partial charge in [-0.05, 0) is 43.3 Å². The smallest absolute Gasteiger partial charge is 0.475 e. The van der Waals surface area contributed by atoms with Crippen molar-refractivity contribution < 1.29 is 59.4 Å². The van der Waals surface area contributed by atoms with Crippen molar-refractivity contribution in [3.8, 4) is 0 Å². The molecule has 0 aliphatic carbocycles. The predicted octanol–water partition coefficient (Wildman–Crippen LogP) is 1.02. The third-order valence-corrected chi connectivity index (χ3v) is 10.4. The predicted molar refractivity (Wildman–Crippen MR) is 166 cm³/mol. The van der Waals surface area contributed by atoms with Crippen LogP contribution in [0.5, 0.6) is 0 Å². The number of pyridine rings is 1. The Hall–Kier alpha value is -6.15. The summed E-state index contributed by atoms with van der Waals surface area (Å²) in [5.74, 6) is -4.41. The number of hydrogen-bond acceptors (Lipinski definition) is 13. The van der Waals surface area contributed by atoms with E-state index < -0.39 is 92.4 Å². The molecule has 1 atom stereocenters. The van der Waals surface area contributed by atoms with E-state index in [1.54, 1.807) is 0 Å². The number of aryl methyl sites for hydroxylation is 1. The van der Waals surface area contributed by atoms with Crippen molar-refractivity contribution in [2.45, 2.75) is 35.4 Å². The van der Waals surface area contributed by atoms with Crippen molar-refractivity contribution in [3.05, 3.63) is 96.9 Å². The van der Waals surface area contributed by atoms with Gasteiger partial charge in [0.25, 0.3) is 37.0 Å². The minimum Gasteiger partial charge on any atom is -0.475 e. The fraction of sp³-hybridized carbons (Fsp3) is 0.200. The molecule has 2 aromatic carbocycles. The van der Waals surface area contributed by atoms with Gasteiger partial charge in [0, 0.05) is 36.4 Å². The first kappa shape index (κ1) is 41.0. The first-order chi connectivity index (χ1) is 23.4. The molecule has 3 aromatic rings. The van der Waals surface area contributed by atoms with Crippen LogP contribution in [0, 0.1) is 32.6 Å². The lowest BCUT2D eigenvalue weighted by molar-refractivity contribution is -0.385. The average molecular weight is 767 g/mol. The number of carboxylic acids is 1. The van der Waals surface area contributed by atoms with E-state index >= 15 is 0 Å². The summed E-state index contributed by atoms with van der Waals surface area (Å²) in [6, 6.07) is 6.72. The van der Waals surface area contributed by atoms with Crippen molar-refractivity contribution in [2.75, 3.05) is 10.3 Å². The minimum absolute atomic E-state index is 0.0579. The molecule has 0 bridgehead atoms. The van der Waals surface area contributed by atoms with Crippen LogP contribution >= 0.6 is 0 Å². The number of sulfonamides is 2. The summed E-state index contributed by atoms with van der Waals surface area (Å²) in [6.07, 6.45) is -5.40. The number of aliphatic carboxylic acids is 1. The van der Waals surface area contributed by atoms with Gasteiger partial charge >= 0.3 is 12.1 Å². The third-order valence-electron chi connectivity index (χ3n) is 6.18. The van der Waals surface area contributed by atoms with Crippen molar-refractivity contribution >= 4 is 54.9 Å². The second-order valence-corrected chi connectivity index (χ2v) is 13.4. The largest absolute Gasteiger partial charge is 0.490 e. The van der Waals surface area contributed by atoms with E-state index in [9.17, 15) is 59.8 Å². The summed E-state index contributed by atoms with van der Waals surface area (Å²) in [7, 11) is -10.5. The number of non-ortho nitro benzene ring substituents is 2. The Morgan fingerprint density at radius 2 is 1.35 bits per heavy atom. The van der Waals surface area contributed by atoms with E-state index in [0.717, 1.165) is 65.2 Å². The number of benzene rings is 2. The quantitative estimate of drug-likeness (QED) is 0.0533. The van der Waals surface area contributed by atoms with Gasteiger partial charge in [0.05, 0.1) is 26.2 Å². The van der Waals surface area contributed by atoms with E-state index in [1.165, 1.54) is 6.92 Å². The van der Waals surface area contributed by atoms with Crippen LogP contribution in [0.1, 0.15) is 18.2 Å². The molecule has 0 aliphatic heterocycles. The molecule has 21 nitrogen and oxygen atoms in total. The molecular formula is C25H25F3N8O13S2. The highest BCUT2D eigenvalue weighted by molar-refractivity contribution is 8.10. The Labute approximate surface area is 283 Å². The maximum absolute atomic E-state index is 13.9. The first-order valence-electron chi connectivity index (χ1n) is 13.3. The summed E-state index contributed by atoms with van der Waals surface area (Å²) in [6.45, 7) is 1.02. The van der Waals surface area contributed by atoms with Crippen molar-refractivity contribution in [2.24, 2.45) is 11.5 Å². The SMILES string of the molecule is Cc1ccc(N(S(=O)(=O)c2ccc([N+](=O)[O-])cc2)S(=O)(=O)c2ccc([N+](=O)[O-])cc2)c(=O)n1C(CCONC(=N)N)C(N)=O.O=C(O)C(F)(F)F. The summed E-state index contributed by atoms with van der Waals surface area (Å²) < 4.78 is 87.9. The average Bonchev–Trinajstić information content (AvgIpc) is 3.02. The number of nitro benzene ring substituents is 2. The van der Waals surface area contributed by atoms with Gasteiger partial charge in [-0.25, -0.2) is 27.1 Å². The number of hydroxylamine groups is 1. The van der Waals surface area contributed by atoms with Crippen LogP contribution in [-0.2, 0) is 34.5 Å². The van der Waals surface area contributed by atoms with Crippen molar-refractivity contribution in [1.29, 1.82) is 5.41 Å². The molecule has 0 saturated carbocycles. The zero-order chi connectivity index (χ0) is 39.1. The number of nitrogens with one attached hydrogen (secondary N) is 2. The highest BCUT2D eigenvalue weighted by atomic mass is 32.3. The van der Waals surface area contributed by atoms with E-state index in [-0.39, 0.29) is 22.4 Å². The third kappa shape index (κ3) is 9.95. The number of aromatic nitrogens is 1. The van der Waals surface area contributed by atoms with Crippen LogP contribution in [0.3, 0.4) is 0 Å². The van der Waals surface area contributed by atoms with Gasteiger partial charge in [0.15, 0.2) is 0 Å². The van der Waals surface area contributed by atoms with Gasteiger partial charge in [-0.1, -0.05) is 0 Å². The normalized spacial score (nSPS) is 12.1. The summed E-state index contributed by atoms with van der Waals surface area (Å²) in [5, 5.41) is 36.4. The van der Waals surface area contributed by atoms with Gasteiger partial charge < -0.3 is 16.6 Å². The fourth-order valence-electron chi connectivity index (χ4n) is 3.92. The summed E-state index contributed by atoms with van der Waals surface area (Å²) in [4.78, 5) is 59.0. The lowest BCUT2D eigenvalue weighted by Crippen LogP contribution is -2.43. The molecule has 26 heteroatoms. The van der Waals surface area contributed by atoms with E-state index in [4.69, 9.17) is 31.6 Å². The van der Waals surface area contributed by atoms with Crippen LogP contribution in [0.15, 0.2) is 75.2 Å². The van der Waals surface area contributed by atoms with Crippen molar-refractivity contribution in [3.63, 3.8) is 0 Å². The Morgan fingerprint density at radius 3 is 1.69 bits per heavy atom. The number of carboxylic acid groups (broad SMARTS) is 1. The molecule has 0 spiro atoms. The number of carbonyl (C=O) groups excluding carboxylic acids is 1. The number of primary amides is 1. The number of alkyl halides is 3. The molecule has 0 radical (unpaired) electrons. The maximum Gasteiger partial charge on any atom is 0.490 e. The highest BCUT2D eigenvalue weighted by Gasteiger charge is 2.40. The summed E-state index contributed by atoms with van der Waals surface area (Å²) in [5.41, 5.74) is 9.37. The molecule has 51 heavy (non-hydrogen) atoms. The number of hydrogen-bond donors (Lipinski definition) is 5. The number of nitro groups is 2. The molecule has 1 unspecified atom stereocenters. The van der Waals surface area contributed by atoms with Crippen LogP contribution in [-0.4, -0.2) is 67.0 Å². The van der Waals surface area contributed by atoms with Crippen molar-refractivity contribution in [1.82, 2.24) is 10.0 Å². The van der Waals surface area contributed by atoms with Crippen LogP contribution < -0.4 is 26.2 Å². The van der Waals surface area contributed by atoms with E-state index in [0.29, 0.717) is 0 Å². The molecule has 1 amide bonds.